The Labute approximate surface area is 114 Å². The summed E-state index contributed by atoms with van der Waals surface area (Å²) < 4.78 is 32.7. The SMILES string of the molecule is C[C@@H]1Cc2cc(S(=O)(=O)NC(C)(C)CN)ccc2O1. The van der Waals surface area contributed by atoms with Crippen LogP contribution in [0.1, 0.15) is 26.3 Å². The van der Waals surface area contributed by atoms with Crippen LogP contribution in [0.2, 0.25) is 0 Å². The van der Waals surface area contributed by atoms with Crippen molar-refractivity contribution < 1.29 is 13.2 Å². The van der Waals surface area contributed by atoms with Gasteiger partial charge in [-0.15, -0.1) is 0 Å². The molecule has 1 heterocycles. The van der Waals surface area contributed by atoms with Crippen LogP contribution >= 0.6 is 0 Å². The van der Waals surface area contributed by atoms with Crippen molar-refractivity contribution in [2.45, 2.75) is 43.7 Å². The predicted octanol–water partition coefficient (Wildman–Crippen LogP) is 1.03. The van der Waals surface area contributed by atoms with Crippen LogP contribution in [0.3, 0.4) is 0 Å². The highest BCUT2D eigenvalue weighted by atomic mass is 32.2. The minimum atomic E-state index is -3.55. The zero-order valence-electron chi connectivity index (χ0n) is 11.4. The van der Waals surface area contributed by atoms with Crippen LogP contribution in [0.4, 0.5) is 0 Å². The third-order valence-corrected chi connectivity index (χ3v) is 4.79. The molecule has 0 bridgehead atoms. The Morgan fingerprint density at radius 1 is 1.47 bits per heavy atom. The first kappa shape index (κ1) is 14.3. The minimum absolute atomic E-state index is 0.0985. The first-order valence-corrected chi connectivity index (χ1v) is 7.75. The third kappa shape index (κ3) is 3.08. The largest absolute Gasteiger partial charge is 0.490 e. The van der Waals surface area contributed by atoms with E-state index >= 15 is 0 Å². The summed E-state index contributed by atoms with van der Waals surface area (Å²) in [6, 6.07) is 4.95. The summed E-state index contributed by atoms with van der Waals surface area (Å²) in [4.78, 5) is 0.255. The molecule has 0 aromatic heterocycles. The van der Waals surface area contributed by atoms with Crippen LogP contribution in [0.25, 0.3) is 0 Å². The number of benzene rings is 1. The maximum absolute atomic E-state index is 12.3. The molecule has 0 unspecified atom stereocenters. The van der Waals surface area contributed by atoms with Crippen molar-refractivity contribution in [1.29, 1.82) is 0 Å². The molecule has 6 heteroatoms. The lowest BCUT2D eigenvalue weighted by Crippen LogP contribution is -2.48. The number of fused-ring (bicyclic) bond motifs is 1. The Bertz CT molecular complexity index is 582. The number of nitrogens with one attached hydrogen (secondary N) is 1. The molecule has 0 spiro atoms. The second-order valence-electron chi connectivity index (χ2n) is 5.60. The lowest BCUT2D eigenvalue weighted by atomic mass is 10.1. The number of nitrogens with two attached hydrogens (primary N) is 1. The molecule has 0 aliphatic carbocycles. The molecule has 5 nitrogen and oxygen atoms in total. The van der Waals surface area contributed by atoms with Gasteiger partial charge < -0.3 is 10.5 Å². The molecule has 0 saturated carbocycles. The molecule has 106 valence electrons. The van der Waals surface area contributed by atoms with Crippen molar-refractivity contribution in [2.24, 2.45) is 5.73 Å². The van der Waals surface area contributed by atoms with Crippen LogP contribution in [-0.4, -0.2) is 26.6 Å². The summed E-state index contributed by atoms with van der Waals surface area (Å²) in [5.41, 5.74) is 5.82. The van der Waals surface area contributed by atoms with E-state index in [1.807, 2.05) is 6.92 Å². The molecule has 1 aliphatic rings. The number of sulfonamides is 1. The molecule has 3 N–H and O–H groups in total. The van der Waals surface area contributed by atoms with Gasteiger partial charge in [0, 0.05) is 18.5 Å². The van der Waals surface area contributed by atoms with Gasteiger partial charge >= 0.3 is 0 Å². The van der Waals surface area contributed by atoms with Gasteiger partial charge in [0.2, 0.25) is 10.0 Å². The van der Waals surface area contributed by atoms with Gasteiger partial charge in [-0.2, -0.15) is 0 Å². The van der Waals surface area contributed by atoms with E-state index < -0.39 is 15.6 Å². The lowest BCUT2D eigenvalue weighted by Gasteiger charge is -2.23. The normalized spacial score (nSPS) is 19.1. The summed E-state index contributed by atoms with van der Waals surface area (Å²) in [5, 5.41) is 0. The topological polar surface area (TPSA) is 81.4 Å². The second-order valence-corrected chi connectivity index (χ2v) is 7.28. The fourth-order valence-electron chi connectivity index (χ4n) is 2.03. The quantitative estimate of drug-likeness (QED) is 0.865. The van der Waals surface area contributed by atoms with Crippen LogP contribution in [0.15, 0.2) is 23.1 Å². The van der Waals surface area contributed by atoms with E-state index in [0.29, 0.717) is 0 Å². The second kappa shape index (κ2) is 4.77. The number of hydrogen-bond acceptors (Lipinski definition) is 4. The fourth-order valence-corrected chi connectivity index (χ4v) is 3.50. The maximum Gasteiger partial charge on any atom is 0.241 e. The highest BCUT2D eigenvalue weighted by Gasteiger charge is 2.27. The van der Waals surface area contributed by atoms with Gasteiger partial charge in [-0.1, -0.05) is 0 Å². The summed E-state index contributed by atoms with van der Waals surface area (Å²) in [6.45, 7) is 5.70. The fraction of sp³-hybridized carbons (Fsp3) is 0.538. The van der Waals surface area contributed by atoms with Gasteiger partial charge in [-0.25, -0.2) is 13.1 Å². The van der Waals surface area contributed by atoms with Gasteiger partial charge in [0.05, 0.1) is 4.90 Å². The molecule has 0 saturated heterocycles. The van der Waals surface area contributed by atoms with E-state index in [0.717, 1.165) is 17.7 Å². The molecule has 0 fully saturated rings. The minimum Gasteiger partial charge on any atom is -0.490 e. The van der Waals surface area contributed by atoms with E-state index in [4.69, 9.17) is 10.5 Å². The Balaban J connectivity index is 2.30. The van der Waals surface area contributed by atoms with Gasteiger partial charge in [0.25, 0.3) is 0 Å². The predicted molar refractivity (Wildman–Crippen MR) is 73.7 cm³/mol. The van der Waals surface area contributed by atoms with Crippen LogP contribution in [0.5, 0.6) is 5.75 Å². The highest BCUT2D eigenvalue weighted by Crippen LogP contribution is 2.30. The summed E-state index contributed by atoms with van der Waals surface area (Å²) in [7, 11) is -3.55. The third-order valence-electron chi connectivity index (χ3n) is 3.10. The Morgan fingerprint density at radius 3 is 2.79 bits per heavy atom. The maximum atomic E-state index is 12.3. The summed E-state index contributed by atoms with van der Waals surface area (Å²) in [6.07, 6.45) is 0.834. The highest BCUT2D eigenvalue weighted by molar-refractivity contribution is 7.89. The zero-order chi connectivity index (χ0) is 14.3. The standard InChI is InChI=1S/C13H20N2O3S/c1-9-6-10-7-11(4-5-12(10)18-9)19(16,17)15-13(2,3)8-14/h4-5,7,9,15H,6,8,14H2,1-3H3/t9-/m1/s1. The van der Waals surface area contributed by atoms with E-state index in [1.165, 1.54) is 0 Å². The Kier molecular flexibility index (Phi) is 3.59. The molecule has 0 amide bonds. The molecule has 1 atom stereocenters. The van der Waals surface area contributed by atoms with E-state index in [9.17, 15) is 8.42 Å². The van der Waals surface area contributed by atoms with Gasteiger partial charge in [0.15, 0.2) is 0 Å². The average molecular weight is 284 g/mol. The molecule has 1 aliphatic heterocycles. The molecule has 2 rings (SSSR count). The Morgan fingerprint density at radius 2 is 2.16 bits per heavy atom. The monoisotopic (exact) mass is 284 g/mol. The first-order valence-electron chi connectivity index (χ1n) is 6.27. The van der Waals surface area contributed by atoms with E-state index in [2.05, 4.69) is 4.72 Å². The molecular weight excluding hydrogens is 264 g/mol. The molecule has 1 aromatic carbocycles. The average Bonchev–Trinajstić information content (AvgIpc) is 2.66. The smallest absolute Gasteiger partial charge is 0.241 e. The number of ether oxygens (including phenoxy) is 1. The lowest BCUT2D eigenvalue weighted by molar-refractivity contribution is 0.254. The molecular formula is C13H20N2O3S. The van der Waals surface area contributed by atoms with Crippen molar-refractivity contribution in [3.05, 3.63) is 23.8 Å². The van der Waals surface area contributed by atoms with Gasteiger partial charge in [-0.3, -0.25) is 0 Å². The molecule has 1 aromatic rings. The summed E-state index contributed by atoms with van der Waals surface area (Å²) in [5.74, 6) is 0.768. The van der Waals surface area contributed by atoms with Crippen LogP contribution in [-0.2, 0) is 16.4 Å². The van der Waals surface area contributed by atoms with Crippen molar-refractivity contribution >= 4 is 10.0 Å². The Hall–Kier alpha value is -1.11. The van der Waals surface area contributed by atoms with E-state index in [-0.39, 0.29) is 17.5 Å². The first-order chi connectivity index (χ1) is 8.73. The van der Waals surface area contributed by atoms with Crippen molar-refractivity contribution in [3.63, 3.8) is 0 Å². The summed E-state index contributed by atoms with van der Waals surface area (Å²) >= 11 is 0. The van der Waals surface area contributed by atoms with Gasteiger partial charge in [-0.05, 0) is 44.5 Å². The molecule has 0 radical (unpaired) electrons. The number of hydrogen-bond donors (Lipinski definition) is 2. The van der Waals surface area contributed by atoms with E-state index in [1.54, 1.807) is 32.0 Å². The van der Waals surface area contributed by atoms with Crippen molar-refractivity contribution in [3.8, 4) is 5.75 Å². The van der Waals surface area contributed by atoms with Crippen molar-refractivity contribution in [2.75, 3.05) is 6.54 Å². The van der Waals surface area contributed by atoms with Crippen LogP contribution < -0.4 is 15.2 Å². The van der Waals surface area contributed by atoms with Crippen molar-refractivity contribution in [1.82, 2.24) is 4.72 Å². The number of rotatable bonds is 4. The van der Waals surface area contributed by atoms with Gasteiger partial charge in [0.1, 0.15) is 11.9 Å². The van der Waals surface area contributed by atoms with Crippen LogP contribution in [0, 0.1) is 0 Å². The molecule has 19 heavy (non-hydrogen) atoms. The zero-order valence-corrected chi connectivity index (χ0v) is 12.3.